The van der Waals surface area contributed by atoms with Crippen LogP contribution >= 0.6 is 0 Å². The number of hydrogen-bond donors (Lipinski definition) is 2. The molecule has 1 aromatic carbocycles. The molecular formula is C15H19N3. The molecule has 1 aliphatic rings. The van der Waals surface area contributed by atoms with Crippen molar-refractivity contribution in [1.29, 1.82) is 0 Å². The first-order valence-electron chi connectivity index (χ1n) is 6.58. The van der Waals surface area contributed by atoms with E-state index in [9.17, 15) is 0 Å². The van der Waals surface area contributed by atoms with E-state index in [1.54, 1.807) is 0 Å². The number of H-pyrrole nitrogens is 1. The van der Waals surface area contributed by atoms with Crippen LogP contribution in [0.5, 0.6) is 0 Å². The molecule has 2 aromatic rings. The van der Waals surface area contributed by atoms with Gasteiger partial charge in [0.25, 0.3) is 0 Å². The Bertz CT molecular complexity index is 503. The quantitative estimate of drug-likeness (QED) is 0.849. The smallest absolute Gasteiger partial charge is 0.0691 e. The lowest BCUT2D eigenvalue weighted by molar-refractivity contribution is 0.506. The Kier molecular flexibility index (Phi) is 3.07. The predicted octanol–water partition coefficient (Wildman–Crippen LogP) is 2.61. The number of benzene rings is 1. The number of piperidine rings is 1. The topological polar surface area (TPSA) is 45.0 Å². The van der Waals surface area contributed by atoms with Gasteiger partial charge in [0.1, 0.15) is 0 Å². The summed E-state index contributed by atoms with van der Waals surface area (Å²) in [6.07, 6.45) is 4.33. The highest BCUT2D eigenvalue weighted by atomic mass is 15.2. The second kappa shape index (κ2) is 4.86. The highest BCUT2D eigenvalue weighted by Crippen LogP contribution is 2.30. The molecule has 94 valence electrons. The fourth-order valence-electron chi connectivity index (χ4n) is 2.69. The number of nitrogens with one attached hydrogen (secondary N) is 1. The number of rotatable bonds is 2. The van der Waals surface area contributed by atoms with E-state index in [-0.39, 0.29) is 0 Å². The number of nitrogens with two attached hydrogens (primary N) is 1. The van der Waals surface area contributed by atoms with Gasteiger partial charge in [-0.2, -0.15) is 0 Å². The maximum absolute atomic E-state index is 6.07. The van der Waals surface area contributed by atoms with Crippen LogP contribution < -0.4 is 10.6 Å². The fraction of sp³-hybridized carbons (Fsp3) is 0.333. The zero-order valence-electron chi connectivity index (χ0n) is 10.5. The Labute approximate surface area is 108 Å². The molecule has 3 rings (SSSR count). The first kappa shape index (κ1) is 11.4. The highest BCUT2D eigenvalue weighted by Gasteiger charge is 2.20. The van der Waals surface area contributed by atoms with Gasteiger partial charge in [0.2, 0.25) is 0 Å². The zero-order valence-corrected chi connectivity index (χ0v) is 10.5. The van der Waals surface area contributed by atoms with Gasteiger partial charge in [0.05, 0.1) is 11.4 Å². The molecule has 0 saturated carbocycles. The monoisotopic (exact) mass is 241 g/mol. The lowest BCUT2D eigenvalue weighted by Crippen LogP contribution is -2.42. The van der Waals surface area contributed by atoms with Gasteiger partial charge in [-0.1, -0.05) is 30.3 Å². The van der Waals surface area contributed by atoms with Gasteiger partial charge >= 0.3 is 0 Å². The number of hydrogen-bond acceptors (Lipinski definition) is 2. The van der Waals surface area contributed by atoms with Crippen LogP contribution in [-0.4, -0.2) is 24.1 Å². The zero-order chi connectivity index (χ0) is 12.4. The summed E-state index contributed by atoms with van der Waals surface area (Å²) in [5, 5.41) is 0. The molecule has 0 spiro atoms. The summed E-state index contributed by atoms with van der Waals surface area (Å²) in [5.74, 6) is 0. The summed E-state index contributed by atoms with van der Waals surface area (Å²) in [5.41, 5.74) is 9.77. The predicted molar refractivity (Wildman–Crippen MR) is 75.7 cm³/mol. The Morgan fingerprint density at radius 1 is 1.17 bits per heavy atom. The standard InChI is InChI=1S/C15H19N3/c16-13-7-4-10-18(11-13)14-8-9-17-15(14)12-5-2-1-3-6-12/h1-3,5-6,8-9,13,17H,4,7,10-11,16H2/t13-/m1/s1. The number of nitrogens with zero attached hydrogens (tertiary/aromatic N) is 1. The van der Waals surface area contributed by atoms with Crippen LogP contribution in [0.15, 0.2) is 42.6 Å². The molecule has 0 bridgehead atoms. The van der Waals surface area contributed by atoms with Crippen LogP contribution in [0.3, 0.4) is 0 Å². The first-order chi connectivity index (χ1) is 8.84. The van der Waals surface area contributed by atoms with E-state index in [1.807, 2.05) is 12.3 Å². The molecule has 1 atom stereocenters. The molecule has 3 N–H and O–H groups in total. The van der Waals surface area contributed by atoms with E-state index in [2.05, 4.69) is 40.2 Å². The normalized spacial score (nSPS) is 20.1. The van der Waals surface area contributed by atoms with Crippen LogP contribution in [0.25, 0.3) is 11.3 Å². The van der Waals surface area contributed by atoms with Gasteiger partial charge in [0.15, 0.2) is 0 Å². The minimum absolute atomic E-state index is 0.303. The molecule has 3 nitrogen and oxygen atoms in total. The van der Waals surface area contributed by atoms with E-state index in [1.165, 1.54) is 23.4 Å². The van der Waals surface area contributed by atoms with Crippen LogP contribution in [0.2, 0.25) is 0 Å². The van der Waals surface area contributed by atoms with Gasteiger partial charge in [-0.05, 0) is 18.9 Å². The van der Waals surface area contributed by atoms with Crippen molar-refractivity contribution in [1.82, 2.24) is 4.98 Å². The first-order valence-corrected chi connectivity index (χ1v) is 6.58. The van der Waals surface area contributed by atoms with Gasteiger partial charge < -0.3 is 15.6 Å². The molecule has 0 amide bonds. The third-order valence-corrected chi connectivity index (χ3v) is 3.59. The molecule has 1 aromatic heterocycles. The Morgan fingerprint density at radius 2 is 2.00 bits per heavy atom. The van der Waals surface area contributed by atoms with Crippen LogP contribution in [0, 0.1) is 0 Å². The maximum atomic E-state index is 6.07. The summed E-state index contributed by atoms with van der Waals surface area (Å²) >= 11 is 0. The van der Waals surface area contributed by atoms with Crippen LogP contribution in [-0.2, 0) is 0 Å². The van der Waals surface area contributed by atoms with Gasteiger partial charge in [-0.15, -0.1) is 0 Å². The van der Waals surface area contributed by atoms with E-state index >= 15 is 0 Å². The molecular weight excluding hydrogens is 222 g/mol. The van der Waals surface area contributed by atoms with E-state index in [0.717, 1.165) is 19.5 Å². The van der Waals surface area contributed by atoms with E-state index < -0.39 is 0 Å². The highest BCUT2D eigenvalue weighted by molar-refractivity contribution is 5.75. The number of anilines is 1. The lowest BCUT2D eigenvalue weighted by Gasteiger charge is -2.32. The van der Waals surface area contributed by atoms with Crippen molar-refractivity contribution in [3.63, 3.8) is 0 Å². The van der Waals surface area contributed by atoms with Gasteiger partial charge in [-0.3, -0.25) is 0 Å². The minimum atomic E-state index is 0.303. The molecule has 0 radical (unpaired) electrons. The van der Waals surface area contributed by atoms with E-state index in [0.29, 0.717) is 6.04 Å². The maximum Gasteiger partial charge on any atom is 0.0691 e. The van der Waals surface area contributed by atoms with Crippen molar-refractivity contribution in [2.45, 2.75) is 18.9 Å². The molecule has 0 aliphatic carbocycles. The van der Waals surface area contributed by atoms with Crippen LogP contribution in [0.4, 0.5) is 5.69 Å². The summed E-state index contributed by atoms with van der Waals surface area (Å²) < 4.78 is 0. The summed E-state index contributed by atoms with van der Waals surface area (Å²) in [4.78, 5) is 5.75. The third-order valence-electron chi connectivity index (χ3n) is 3.59. The average molecular weight is 241 g/mol. The van der Waals surface area contributed by atoms with Gasteiger partial charge in [-0.25, -0.2) is 0 Å². The van der Waals surface area contributed by atoms with E-state index in [4.69, 9.17) is 5.73 Å². The molecule has 2 heterocycles. The summed E-state index contributed by atoms with van der Waals surface area (Å²) in [6, 6.07) is 12.9. The van der Waals surface area contributed by atoms with Gasteiger partial charge in [0, 0.05) is 30.9 Å². The number of aromatic nitrogens is 1. The summed E-state index contributed by atoms with van der Waals surface area (Å²) in [6.45, 7) is 2.06. The molecule has 3 heteroatoms. The molecule has 1 aliphatic heterocycles. The van der Waals surface area contributed by atoms with Crippen molar-refractivity contribution < 1.29 is 0 Å². The molecule has 1 saturated heterocycles. The second-order valence-electron chi connectivity index (χ2n) is 4.95. The fourth-order valence-corrected chi connectivity index (χ4v) is 2.69. The Morgan fingerprint density at radius 3 is 2.78 bits per heavy atom. The van der Waals surface area contributed by atoms with Crippen molar-refractivity contribution in [2.75, 3.05) is 18.0 Å². The Hall–Kier alpha value is -1.74. The van der Waals surface area contributed by atoms with Crippen molar-refractivity contribution >= 4 is 5.69 Å². The van der Waals surface area contributed by atoms with Crippen LogP contribution in [0.1, 0.15) is 12.8 Å². The van der Waals surface area contributed by atoms with Crippen molar-refractivity contribution in [3.8, 4) is 11.3 Å². The minimum Gasteiger partial charge on any atom is -0.368 e. The van der Waals surface area contributed by atoms with Crippen molar-refractivity contribution in [3.05, 3.63) is 42.6 Å². The second-order valence-corrected chi connectivity index (χ2v) is 4.95. The third kappa shape index (κ3) is 2.14. The molecule has 1 fully saturated rings. The molecule has 18 heavy (non-hydrogen) atoms. The SMILES string of the molecule is N[C@@H]1CCCN(c2cc[nH]c2-c2ccccc2)C1. The van der Waals surface area contributed by atoms with Crippen molar-refractivity contribution in [2.24, 2.45) is 5.73 Å². The lowest BCUT2D eigenvalue weighted by atomic mass is 10.0. The summed E-state index contributed by atoms with van der Waals surface area (Å²) in [7, 11) is 0. The number of aromatic amines is 1. The average Bonchev–Trinajstić information content (AvgIpc) is 2.89. The largest absolute Gasteiger partial charge is 0.368 e. The molecule has 0 unspecified atom stereocenters. The Balaban J connectivity index is 1.92.